The van der Waals surface area contributed by atoms with Gasteiger partial charge in [0.2, 0.25) is 0 Å². The summed E-state index contributed by atoms with van der Waals surface area (Å²) in [6.45, 7) is 4.47. The highest BCUT2D eigenvalue weighted by molar-refractivity contribution is 7.10. The molecule has 2 aromatic heterocycles. The minimum absolute atomic E-state index is 0.184. The fourth-order valence-corrected chi connectivity index (χ4v) is 3.42. The van der Waals surface area contributed by atoms with Gasteiger partial charge in [-0.25, -0.2) is 0 Å². The number of thiophene rings is 1. The number of hydrogen-bond donors (Lipinski definition) is 1. The minimum Gasteiger partial charge on any atom is -0.306 e. The van der Waals surface area contributed by atoms with Crippen molar-refractivity contribution in [3.63, 3.8) is 0 Å². The summed E-state index contributed by atoms with van der Waals surface area (Å²) in [5.41, 5.74) is 0.630. The van der Waals surface area contributed by atoms with E-state index in [1.54, 1.807) is 0 Å². The van der Waals surface area contributed by atoms with Gasteiger partial charge in [-0.15, -0.1) is 11.3 Å². The molecule has 1 atom stereocenters. The molecule has 2 heterocycles. The zero-order valence-corrected chi connectivity index (χ0v) is 12.7. The van der Waals surface area contributed by atoms with E-state index >= 15 is 0 Å². The lowest BCUT2D eigenvalue weighted by atomic mass is 9.98. The van der Waals surface area contributed by atoms with Crippen LogP contribution < -0.4 is 5.32 Å². The third-order valence-electron chi connectivity index (χ3n) is 3.30. The molecule has 2 rings (SSSR count). The molecule has 21 heavy (non-hydrogen) atoms. The molecule has 6 heteroatoms. The second kappa shape index (κ2) is 6.58. The van der Waals surface area contributed by atoms with Gasteiger partial charge < -0.3 is 5.32 Å². The summed E-state index contributed by atoms with van der Waals surface area (Å²) in [7, 11) is 0. The summed E-state index contributed by atoms with van der Waals surface area (Å²) in [5, 5.41) is 5.08. The maximum atomic E-state index is 13.2. The number of halogens is 3. The van der Waals surface area contributed by atoms with Gasteiger partial charge in [-0.2, -0.15) is 13.2 Å². The van der Waals surface area contributed by atoms with Gasteiger partial charge in [-0.3, -0.25) is 4.98 Å². The number of aromatic nitrogens is 1. The highest BCUT2D eigenvalue weighted by atomic mass is 32.1. The van der Waals surface area contributed by atoms with Crippen molar-refractivity contribution >= 4 is 11.3 Å². The number of rotatable bonds is 5. The fraction of sp³-hybridized carbons (Fsp3) is 0.400. The molecule has 0 aromatic carbocycles. The van der Waals surface area contributed by atoms with Crippen LogP contribution in [-0.4, -0.2) is 11.5 Å². The molecule has 0 bridgehead atoms. The monoisotopic (exact) mass is 314 g/mol. The van der Waals surface area contributed by atoms with Crippen LogP contribution in [0.25, 0.3) is 0 Å². The number of pyridine rings is 1. The van der Waals surface area contributed by atoms with Crippen molar-refractivity contribution in [1.29, 1.82) is 0 Å². The first-order chi connectivity index (χ1) is 9.99. The van der Waals surface area contributed by atoms with Crippen molar-refractivity contribution in [3.05, 3.63) is 51.5 Å². The highest BCUT2D eigenvalue weighted by Gasteiger charge is 2.36. The van der Waals surface area contributed by atoms with Crippen molar-refractivity contribution in [3.8, 4) is 0 Å². The number of alkyl halides is 3. The zero-order valence-electron chi connectivity index (χ0n) is 11.9. The van der Waals surface area contributed by atoms with Crippen LogP contribution in [0.4, 0.5) is 13.2 Å². The van der Waals surface area contributed by atoms with Gasteiger partial charge in [0.05, 0.1) is 11.6 Å². The number of nitrogens with zero attached hydrogens (tertiary/aromatic N) is 1. The Bertz CT molecular complexity index is 593. The molecule has 0 amide bonds. The molecule has 0 spiro atoms. The molecule has 1 unspecified atom stereocenters. The predicted molar refractivity (Wildman–Crippen MR) is 78.5 cm³/mol. The summed E-state index contributed by atoms with van der Waals surface area (Å²) in [6.07, 6.45) is -1.09. The lowest BCUT2D eigenvalue weighted by Gasteiger charge is -2.22. The SMILES string of the molecule is CCNC(c1cnccc1C(F)(F)F)c1sccc1CC. The molecular weight excluding hydrogens is 297 g/mol. The van der Waals surface area contributed by atoms with Gasteiger partial charge >= 0.3 is 6.18 Å². The lowest BCUT2D eigenvalue weighted by molar-refractivity contribution is -0.138. The molecule has 2 aromatic rings. The smallest absolute Gasteiger partial charge is 0.306 e. The van der Waals surface area contributed by atoms with Gasteiger partial charge in [-0.1, -0.05) is 13.8 Å². The van der Waals surface area contributed by atoms with Crippen LogP contribution in [0, 0.1) is 0 Å². The summed E-state index contributed by atoms with van der Waals surface area (Å²) in [4.78, 5) is 4.82. The molecule has 0 aliphatic rings. The lowest BCUT2D eigenvalue weighted by Crippen LogP contribution is -2.25. The first-order valence-corrected chi connectivity index (χ1v) is 7.67. The van der Waals surface area contributed by atoms with E-state index in [0.29, 0.717) is 6.54 Å². The number of hydrogen-bond acceptors (Lipinski definition) is 3. The third-order valence-corrected chi connectivity index (χ3v) is 4.32. The second-order valence-corrected chi connectivity index (χ2v) is 5.56. The Kier molecular flexibility index (Phi) is 5.00. The van der Waals surface area contributed by atoms with Crippen molar-refractivity contribution in [2.75, 3.05) is 6.54 Å². The van der Waals surface area contributed by atoms with E-state index in [1.807, 2.05) is 25.3 Å². The quantitative estimate of drug-likeness (QED) is 0.883. The Morgan fingerprint density at radius 3 is 2.67 bits per heavy atom. The van der Waals surface area contributed by atoms with Crippen LogP contribution in [0.15, 0.2) is 29.9 Å². The Morgan fingerprint density at radius 2 is 2.05 bits per heavy atom. The highest BCUT2D eigenvalue weighted by Crippen LogP contribution is 2.38. The van der Waals surface area contributed by atoms with E-state index < -0.39 is 17.8 Å². The summed E-state index contributed by atoms with van der Waals surface area (Å²) < 4.78 is 39.7. The first-order valence-electron chi connectivity index (χ1n) is 6.79. The van der Waals surface area contributed by atoms with Crippen LogP contribution in [0.1, 0.15) is 41.5 Å². The van der Waals surface area contributed by atoms with E-state index in [2.05, 4.69) is 10.3 Å². The molecule has 1 N–H and O–H groups in total. The van der Waals surface area contributed by atoms with Crippen LogP contribution in [-0.2, 0) is 12.6 Å². The Labute approximate surface area is 126 Å². The van der Waals surface area contributed by atoms with Crippen LogP contribution >= 0.6 is 11.3 Å². The normalized spacial score (nSPS) is 13.4. The van der Waals surface area contributed by atoms with Gasteiger partial charge in [0.1, 0.15) is 0 Å². The first kappa shape index (κ1) is 16.0. The van der Waals surface area contributed by atoms with Gasteiger partial charge in [0.25, 0.3) is 0 Å². The molecule has 0 aliphatic carbocycles. The predicted octanol–water partition coefficient (Wildman–Crippen LogP) is 4.42. The standard InChI is InChI=1S/C15H17F3N2S/c1-3-10-6-8-21-14(10)13(20-4-2)11-9-19-7-5-12(11)15(16,17)18/h5-9,13,20H,3-4H2,1-2H3. The van der Waals surface area contributed by atoms with E-state index in [-0.39, 0.29) is 5.56 Å². The summed E-state index contributed by atoms with van der Waals surface area (Å²) in [6, 6.07) is 2.53. The minimum atomic E-state index is -4.38. The van der Waals surface area contributed by atoms with Gasteiger partial charge in [0.15, 0.2) is 0 Å². The topological polar surface area (TPSA) is 24.9 Å². The van der Waals surface area contributed by atoms with Crippen molar-refractivity contribution in [2.24, 2.45) is 0 Å². The van der Waals surface area contributed by atoms with Crippen LogP contribution in [0.2, 0.25) is 0 Å². The Morgan fingerprint density at radius 1 is 1.29 bits per heavy atom. The van der Waals surface area contributed by atoms with E-state index in [0.717, 1.165) is 22.9 Å². The average Bonchev–Trinajstić information content (AvgIpc) is 2.92. The molecule has 0 fully saturated rings. The Hall–Kier alpha value is -1.40. The largest absolute Gasteiger partial charge is 0.416 e. The molecule has 0 aliphatic heterocycles. The maximum absolute atomic E-state index is 13.2. The fourth-order valence-electron chi connectivity index (χ4n) is 2.34. The second-order valence-electron chi connectivity index (χ2n) is 4.62. The molecule has 0 saturated carbocycles. The zero-order chi connectivity index (χ0) is 15.5. The third kappa shape index (κ3) is 3.44. The van der Waals surface area contributed by atoms with Crippen molar-refractivity contribution in [1.82, 2.24) is 10.3 Å². The van der Waals surface area contributed by atoms with Crippen LogP contribution in [0.3, 0.4) is 0 Å². The van der Waals surface area contributed by atoms with Crippen LogP contribution in [0.5, 0.6) is 0 Å². The average molecular weight is 314 g/mol. The van der Waals surface area contributed by atoms with E-state index in [4.69, 9.17) is 0 Å². The van der Waals surface area contributed by atoms with Gasteiger partial charge in [0, 0.05) is 22.8 Å². The molecule has 114 valence electrons. The number of nitrogens with one attached hydrogen (secondary N) is 1. The van der Waals surface area contributed by atoms with Gasteiger partial charge in [-0.05, 0) is 36.0 Å². The van der Waals surface area contributed by atoms with Crippen molar-refractivity contribution in [2.45, 2.75) is 32.5 Å². The summed E-state index contributed by atoms with van der Waals surface area (Å²) >= 11 is 1.48. The maximum Gasteiger partial charge on any atom is 0.416 e. The molecule has 2 nitrogen and oxygen atoms in total. The summed E-state index contributed by atoms with van der Waals surface area (Å²) in [5.74, 6) is 0. The Balaban J connectivity index is 2.54. The van der Waals surface area contributed by atoms with E-state index in [9.17, 15) is 13.2 Å². The van der Waals surface area contributed by atoms with E-state index in [1.165, 1.54) is 23.7 Å². The van der Waals surface area contributed by atoms with Crippen molar-refractivity contribution < 1.29 is 13.2 Å². The number of aryl methyl sites for hydroxylation is 1. The molecule has 0 saturated heterocycles. The molecule has 0 radical (unpaired) electrons. The molecular formula is C15H17F3N2S.